The van der Waals surface area contributed by atoms with Crippen LogP contribution in [-0.4, -0.2) is 54.4 Å². The van der Waals surface area contributed by atoms with E-state index in [1.165, 1.54) is 0 Å². The van der Waals surface area contributed by atoms with Gasteiger partial charge in [0, 0.05) is 36.2 Å². The zero-order valence-corrected chi connectivity index (χ0v) is 18.2. The number of carbonyl (C=O) groups is 2. The van der Waals surface area contributed by atoms with Crippen LogP contribution in [0, 0.1) is 6.57 Å². The van der Waals surface area contributed by atoms with Crippen LogP contribution in [0.2, 0.25) is 0 Å². The Morgan fingerprint density at radius 1 is 1.03 bits per heavy atom. The van der Waals surface area contributed by atoms with Crippen molar-refractivity contribution in [3.8, 4) is 0 Å². The molecular formula is C23H22BrN3O3. The summed E-state index contributed by atoms with van der Waals surface area (Å²) >= 11 is 3.42. The molecule has 2 aromatic rings. The van der Waals surface area contributed by atoms with Crippen LogP contribution < -0.4 is 0 Å². The van der Waals surface area contributed by atoms with Crippen molar-refractivity contribution in [1.29, 1.82) is 0 Å². The molecule has 30 heavy (non-hydrogen) atoms. The number of esters is 1. The standard InChI is InChI=1S/C23H22BrN3O3/c1-25-21-5-3-17(13-20(21)24)7-9-27-11-10-26(14-22(27)28)8-6-16-2-4-19-18(12-16)15-30-23(19)29/h2-5,12-13H,6-11,14-15H2. The summed E-state index contributed by atoms with van der Waals surface area (Å²) in [6.45, 7) is 11.0. The fourth-order valence-corrected chi connectivity index (χ4v) is 4.39. The fourth-order valence-electron chi connectivity index (χ4n) is 3.87. The summed E-state index contributed by atoms with van der Waals surface area (Å²) in [7, 11) is 0. The third-order valence-corrected chi connectivity index (χ3v) is 6.30. The molecule has 2 heterocycles. The molecule has 154 valence electrons. The quantitative estimate of drug-likeness (QED) is 0.481. The normalized spacial score (nSPS) is 16.3. The number of hydrogen-bond donors (Lipinski definition) is 0. The number of cyclic esters (lactones) is 1. The largest absolute Gasteiger partial charge is 0.457 e. The van der Waals surface area contributed by atoms with Gasteiger partial charge in [-0.15, -0.1) is 0 Å². The maximum absolute atomic E-state index is 12.6. The van der Waals surface area contributed by atoms with Crippen molar-refractivity contribution in [2.75, 3.05) is 32.7 Å². The van der Waals surface area contributed by atoms with Crippen LogP contribution in [0.4, 0.5) is 5.69 Å². The third kappa shape index (κ3) is 4.55. The first kappa shape index (κ1) is 20.6. The molecule has 2 aliphatic heterocycles. The number of piperazine rings is 1. The van der Waals surface area contributed by atoms with Crippen molar-refractivity contribution in [2.45, 2.75) is 19.4 Å². The van der Waals surface area contributed by atoms with E-state index in [4.69, 9.17) is 11.3 Å². The number of benzene rings is 2. The molecule has 0 atom stereocenters. The minimum absolute atomic E-state index is 0.158. The van der Waals surface area contributed by atoms with E-state index in [2.05, 4.69) is 25.7 Å². The van der Waals surface area contributed by atoms with E-state index in [0.29, 0.717) is 30.9 Å². The Hall–Kier alpha value is -2.69. The molecule has 0 unspecified atom stereocenters. The molecule has 0 aliphatic carbocycles. The summed E-state index contributed by atoms with van der Waals surface area (Å²) < 4.78 is 5.86. The van der Waals surface area contributed by atoms with E-state index < -0.39 is 0 Å². The van der Waals surface area contributed by atoms with E-state index >= 15 is 0 Å². The van der Waals surface area contributed by atoms with Crippen molar-refractivity contribution in [1.82, 2.24) is 9.80 Å². The van der Waals surface area contributed by atoms with Crippen molar-refractivity contribution in [2.24, 2.45) is 0 Å². The van der Waals surface area contributed by atoms with Crippen molar-refractivity contribution in [3.05, 3.63) is 74.5 Å². The monoisotopic (exact) mass is 467 g/mol. The first-order valence-electron chi connectivity index (χ1n) is 9.98. The summed E-state index contributed by atoms with van der Waals surface area (Å²) in [6, 6.07) is 11.6. The van der Waals surface area contributed by atoms with Crippen molar-refractivity contribution >= 4 is 33.5 Å². The van der Waals surface area contributed by atoms with Crippen molar-refractivity contribution in [3.63, 3.8) is 0 Å². The fraction of sp³-hybridized carbons (Fsp3) is 0.348. The molecule has 1 saturated heterocycles. The lowest BCUT2D eigenvalue weighted by atomic mass is 10.0. The smallest absolute Gasteiger partial charge is 0.338 e. The van der Waals surface area contributed by atoms with E-state index in [9.17, 15) is 9.59 Å². The predicted octanol–water partition coefficient (Wildman–Crippen LogP) is 3.60. The summed E-state index contributed by atoms with van der Waals surface area (Å²) in [6.07, 6.45) is 1.62. The second-order valence-electron chi connectivity index (χ2n) is 7.62. The van der Waals surface area contributed by atoms with Gasteiger partial charge in [0.25, 0.3) is 0 Å². The highest BCUT2D eigenvalue weighted by Crippen LogP contribution is 2.26. The van der Waals surface area contributed by atoms with Gasteiger partial charge in [-0.1, -0.05) is 46.3 Å². The van der Waals surface area contributed by atoms with E-state index in [1.807, 2.05) is 41.3 Å². The Morgan fingerprint density at radius 2 is 1.80 bits per heavy atom. The van der Waals surface area contributed by atoms with Crippen LogP contribution in [0.25, 0.3) is 4.85 Å². The second-order valence-corrected chi connectivity index (χ2v) is 8.48. The van der Waals surface area contributed by atoms with Gasteiger partial charge in [-0.2, -0.15) is 0 Å². The number of hydrogen-bond acceptors (Lipinski definition) is 4. The average Bonchev–Trinajstić information content (AvgIpc) is 3.12. The van der Waals surface area contributed by atoms with E-state index in [-0.39, 0.29) is 11.9 Å². The molecule has 2 aromatic carbocycles. The van der Waals surface area contributed by atoms with Crippen LogP contribution in [0.3, 0.4) is 0 Å². The number of carbonyl (C=O) groups excluding carboxylic acids is 2. The SMILES string of the molecule is [C-]#[N+]c1ccc(CCN2CCN(CCc3ccc4c(c3)COC4=O)CC2=O)cc1Br. The molecule has 0 spiro atoms. The molecule has 0 bridgehead atoms. The lowest BCUT2D eigenvalue weighted by Gasteiger charge is -2.34. The molecular weight excluding hydrogens is 446 g/mol. The second kappa shape index (κ2) is 8.99. The Kier molecular flexibility index (Phi) is 6.16. The van der Waals surface area contributed by atoms with Gasteiger partial charge in [-0.05, 0) is 30.0 Å². The van der Waals surface area contributed by atoms with Gasteiger partial charge in [0.05, 0.1) is 18.7 Å². The van der Waals surface area contributed by atoms with Gasteiger partial charge in [0.15, 0.2) is 0 Å². The Bertz CT molecular complexity index is 1030. The number of rotatable bonds is 6. The maximum atomic E-state index is 12.6. The van der Waals surface area contributed by atoms with Gasteiger partial charge in [0.1, 0.15) is 6.61 Å². The molecule has 1 fully saturated rings. The molecule has 0 N–H and O–H groups in total. The summed E-state index contributed by atoms with van der Waals surface area (Å²) in [4.78, 5) is 31.7. The lowest BCUT2D eigenvalue weighted by molar-refractivity contribution is -0.135. The molecule has 2 aliphatic rings. The molecule has 1 amide bonds. The number of amides is 1. The van der Waals surface area contributed by atoms with Crippen LogP contribution in [0.1, 0.15) is 27.0 Å². The highest BCUT2D eigenvalue weighted by Gasteiger charge is 2.24. The highest BCUT2D eigenvalue weighted by molar-refractivity contribution is 9.10. The molecule has 7 heteroatoms. The van der Waals surface area contributed by atoms with Gasteiger partial charge >= 0.3 is 5.97 Å². The minimum Gasteiger partial charge on any atom is -0.457 e. The van der Waals surface area contributed by atoms with Gasteiger partial charge in [-0.25, -0.2) is 9.64 Å². The van der Waals surface area contributed by atoms with Gasteiger partial charge < -0.3 is 9.64 Å². The van der Waals surface area contributed by atoms with Gasteiger partial charge in [0.2, 0.25) is 11.6 Å². The molecule has 0 aromatic heterocycles. The lowest BCUT2D eigenvalue weighted by Crippen LogP contribution is -2.51. The summed E-state index contributed by atoms with van der Waals surface area (Å²) in [5.41, 5.74) is 4.50. The maximum Gasteiger partial charge on any atom is 0.338 e. The Morgan fingerprint density at radius 3 is 2.57 bits per heavy atom. The van der Waals surface area contributed by atoms with Crippen LogP contribution >= 0.6 is 15.9 Å². The molecule has 0 radical (unpaired) electrons. The molecule has 4 rings (SSSR count). The third-order valence-electron chi connectivity index (χ3n) is 5.67. The first-order chi connectivity index (χ1) is 14.5. The molecule has 0 saturated carbocycles. The summed E-state index contributed by atoms with van der Waals surface area (Å²) in [5, 5.41) is 0. The van der Waals surface area contributed by atoms with Crippen LogP contribution in [0.5, 0.6) is 0 Å². The average molecular weight is 468 g/mol. The van der Waals surface area contributed by atoms with E-state index in [1.54, 1.807) is 0 Å². The number of fused-ring (bicyclic) bond motifs is 1. The number of nitrogens with zero attached hydrogens (tertiary/aromatic N) is 3. The van der Waals surface area contributed by atoms with Crippen LogP contribution in [0.15, 0.2) is 40.9 Å². The minimum atomic E-state index is -0.243. The van der Waals surface area contributed by atoms with Crippen LogP contribution in [-0.2, 0) is 29.0 Å². The zero-order valence-electron chi connectivity index (χ0n) is 16.6. The topological polar surface area (TPSA) is 54.2 Å². The summed E-state index contributed by atoms with van der Waals surface area (Å²) in [5.74, 6) is -0.0843. The first-order valence-corrected chi connectivity index (χ1v) is 10.8. The van der Waals surface area contributed by atoms with E-state index in [0.717, 1.165) is 53.6 Å². The van der Waals surface area contributed by atoms with Gasteiger partial charge in [-0.3, -0.25) is 9.69 Å². The Labute approximate surface area is 184 Å². The Balaban J connectivity index is 1.25. The predicted molar refractivity (Wildman–Crippen MR) is 116 cm³/mol. The zero-order chi connectivity index (χ0) is 21.1. The molecule has 6 nitrogen and oxygen atoms in total. The highest BCUT2D eigenvalue weighted by atomic mass is 79.9. The number of ether oxygens (including phenoxy) is 1. The van der Waals surface area contributed by atoms with Crippen molar-refractivity contribution < 1.29 is 14.3 Å². The number of halogens is 1.